The summed E-state index contributed by atoms with van der Waals surface area (Å²) in [6.07, 6.45) is 0.0203. The van der Waals surface area contributed by atoms with E-state index in [1.54, 1.807) is 6.92 Å². The summed E-state index contributed by atoms with van der Waals surface area (Å²) in [6, 6.07) is 9.88. The van der Waals surface area contributed by atoms with Crippen molar-refractivity contribution in [2.45, 2.75) is 25.6 Å². The number of oxime groups is 1. The van der Waals surface area contributed by atoms with E-state index in [-0.39, 0.29) is 6.10 Å². The standard InChI is InChI=1S/C11H13NO2/c1-8(13)11-7-10(12-14-11)9-5-3-2-4-6-9/h2-6,8,11,13H,7H2,1H3/t8-,11-/m0/s1. The van der Waals surface area contributed by atoms with Crippen LogP contribution in [0.15, 0.2) is 35.5 Å². The highest BCUT2D eigenvalue weighted by atomic mass is 16.6. The molecule has 3 nitrogen and oxygen atoms in total. The highest BCUT2D eigenvalue weighted by Crippen LogP contribution is 2.18. The molecule has 2 rings (SSSR count). The first-order chi connectivity index (χ1) is 6.77. The Morgan fingerprint density at radius 3 is 2.71 bits per heavy atom. The molecule has 0 unspecified atom stereocenters. The van der Waals surface area contributed by atoms with Crippen LogP contribution in [0.2, 0.25) is 0 Å². The lowest BCUT2D eigenvalue weighted by atomic mass is 10.0. The molecule has 0 saturated heterocycles. The molecule has 1 aromatic carbocycles. The summed E-state index contributed by atoms with van der Waals surface area (Å²) in [7, 11) is 0. The minimum atomic E-state index is -0.472. The molecule has 2 atom stereocenters. The van der Waals surface area contributed by atoms with Crippen molar-refractivity contribution in [2.24, 2.45) is 5.16 Å². The number of nitrogens with zero attached hydrogens (tertiary/aromatic N) is 1. The Labute approximate surface area is 83.0 Å². The zero-order valence-electron chi connectivity index (χ0n) is 8.05. The maximum absolute atomic E-state index is 9.32. The molecular formula is C11H13NO2. The maximum atomic E-state index is 9.32. The number of aliphatic hydroxyl groups is 1. The van der Waals surface area contributed by atoms with E-state index in [1.807, 2.05) is 30.3 Å². The van der Waals surface area contributed by atoms with Crippen LogP contribution in [-0.4, -0.2) is 23.0 Å². The lowest BCUT2D eigenvalue weighted by Gasteiger charge is -2.09. The molecular weight excluding hydrogens is 178 g/mol. The molecule has 74 valence electrons. The van der Waals surface area contributed by atoms with Crippen molar-refractivity contribution in [1.29, 1.82) is 0 Å². The van der Waals surface area contributed by atoms with Crippen molar-refractivity contribution in [3.05, 3.63) is 35.9 Å². The van der Waals surface area contributed by atoms with Crippen molar-refractivity contribution >= 4 is 5.71 Å². The minimum Gasteiger partial charge on any atom is -0.389 e. The van der Waals surface area contributed by atoms with E-state index in [4.69, 9.17) is 4.84 Å². The minimum absolute atomic E-state index is 0.190. The quantitative estimate of drug-likeness (QED) is 0.770. The van der Waals surface area contributed by atoms with Crippen LogP contribution >= 0.6 is 0 Å². The van der Waals surface area contributed by atoms with Gasteiger partial charge in [-0.1, -0.05) is 35.5 Å². The average molecular weight is 191 g/mol. The monoisotopic (exact) mass is 191 g/mol. The molecule has 1 aliphatic heterocycles. The second-order valence-corrected chi connectivity index (χ2v) is 3.49. The van der Waals surface area contributed by atoms with Crippen LogP contribution in [0.25, 0.3) is 0 Å². The summed E-state index contributed by atoms with van der Waals surface area (Å²) in [5.41, 5.74) is 1.98. The number of hydrogen-bond acceptors (Lipinski definition) is 3. The second-order valence-electron chi connectivity index (χ2n) is 3.49. The fraction of sp³-hybridized carbons (Fsp3) is 0.364. The summed E-state index contributed by atoms with van der Waals surface area (Å²) in [5.74, 6) is 0. The smallest absolute Gasteiger partial charge is 0.158 e. The van der Waals surface area contributed by atoms with Crippen LogP contribution < -0.4 is 0 Å². The zero-order chi connectivity index (χ0) is 9.97. The first-order valence-electron chi connectivity index (χ1n) is 4.73. The molecule has 0 amide bonds. The lowest BCUT2D eigenvalue weighted by molar-refractivity contribution is -0.00780. The zero-order valence-corrected chi connectivity index (χ0v) is 8.05. The second kappa shape index (κ2) is 3.80. The Bertz CT molecular complexity index is 332. The van der Waals surface area contributed by atoms with Crippen molar-refractivity contribution in [1.82, 2.24) is 0 Å². The molecule has 14 heavy (non-hydrogen) atoms. The molecule has 0 spiro atoms. The van der Waals surface area contributed by atoms with Gasteiger partial charge in [0, 0.05) is 6.42 Å². The Morgan fingerprint density at radius 2 is 2.14 bits per heavy atom. The molecule has 1 aliphatic rings. The summed E-state index contributed by atoms with van der Waals surface area (Å²) in [4.78, 5) is 5.12. The number of hydrogen-bond donors (Lipinski definition) is 1. The van der Waals surface area contributed by atoms with E-state index in [0.29, 0.717) is 6.42 Å². The van der Waals surface area contributed by atoms with Crippen molar-refractivity contribution < 1.29 is 9.94 Å². The van der Waals surface area contributed by atoms with Gasteiger partial charge < -0.3 is 9.94 Å². The number of aliphatic hydroxyl groups excluding tert-OH is 1. The third-order valence-corrected chi connectivity index (χ3v) is 2.34. The molecule has 0 bridgehead atoms. The van der Waals surface area contributed by atoms with Crippen LogP contribution in [0.5, 0.6) is 0 Å². The number of rotatable bonds is 2. The van der Waals surface area contributed by atoms with Crippen molar-refractivity contribution in [3.63, 3.8) is 0 Å². The van der Waals surface area contributed by atoms with E-state index in [2.05, 4.69) is 5.16 Å². The van der Waals surface area contributed by atoms with Gasteiger partial charge in [-0.25, -0.2) is 0 Å². The van der Waals surface area contributed by atoms with E-state index in [9.17, 15) is 5.11 Å². The van der Waals surface area contributed by atoms with E-state index in [1.165, 1.54) is 0 Å². The van der Waals surface area contributed by atoms with Gasteiger partial charge in [-0.15, -0.1) is 0 Å². The van der Waals surface area contributed by atoms with E-state index in [0.717, 1.165) is 11.3 Å². The average Bonchev–Trinajstić information content (AvgIpc) is 2.68. The molecule has 1 N–H and O–H groups in total. The Hall–Kier alpha value is -1.35. The van der Waals surface area contributed by atoms with Gasteiger partial charge in [0.05, 0.1) is 11.8 Å². The van der Waals surface area contributed by atoms with Crippen LogP contribution in [-0.2, 0) is 4.84 Å². The normalized spacial score (nSPS) is 22.7. The fourth-order valence-corrected chi connectivity index (χ4v) is 1.46. The molecule has 3 heteroatoms. The third-order valence-electron chi connectivity index (χ3n) is 2.34. The van der Waals surface area contributed by atoms with Gasteiger partial charge in [0.2, 0.25) is 0 Å². The third kappa shape index (κ3) is 1.77. The first-order valence-corrected chi connectivity index (χ1v) is 4.73. The largest absolute Gasteiger partial charge is 0.389 e. The summed E-state index contributed by atoms with van der Waals surface area (Å²) in [6.45, 7) is 1.72. The summed E-state index contributed by atoms with van der Waals surface area (Å²) >= 11 is 0. The van der Waals surface area contributed by atoms with Crippen molar-refractivity contribution in [2.75, 3.05) is 0 Å². The highest BCUT2D eigenvalue weighted by Gasteiger charge is 2.25. The van der Waals surface area contributed by atoms with Gasteiger partial charge in [-0.05, 0) is 12.5 Å². The van der Waals surface area contributed by atoms with Crippen LogP contribution in [0.3, 0.4) is 0 Å². The lowest BCUT2D eigenvalue weighted by Crippen LogP contribution is -2.22. The molecule has 1 heterocycles. The molecule has 0 aliphatic carbocycles. The topological polar surface area (TPSA) is 41.8 Å². The van der Waals surface area contributed by atoms with Crippen molar-refractivity contribution in [3.8, 4) is 0 Å². The first kappa shape index (κ1) is 9.21. The van der Waals surface area contributed by atoms with Gasteiger partial charge >= 0.3 is 0 Å². The Balaban J connectivity index is 2.09. The van der Waals surface area contributed by atoms with Crippen LogP contribution in [0.1, 0.15) is 18.9 Å². The molecule has 0 fully saturated rings. The SMILES string of the molecule is C[C@H](O)[C@@H]1CC(c2ccccc2)=NO1. The highest BCUT2D eigenvalue weighted by molar-refractivity contribution is 6.01. The number of benzene rings is 1. The Kier molecular flexibility index (Phi) is 2.50. The molecule has 0 aromatic heterocycles. The van der Waals surface area contributed by atoms with E-state index < -0.39 is 6.10 Å². The molecule has 0 saturated carbocycles. The van der Waals surface area contributed by atoms with Gasteiger partial charge in [0.25, 0.3) is 0 Å². The van der Waals surface area contributed by atoms with Gasteiger partial charge in [-0.3, -0.25) is 0 Å². The summed E-state index contributed by atoms with van der Waals surface area (Å²) in [5, 5.41) is 13.3. The summed E-state index contributed by atoms with van der Waals surface area (Å²) < 4.78 is 0. The van der Waals surface area contributed by atoms with Gasteiger partial charge in [0.15, 0.2) is 6.10 Å². The van der Waals surface area contributed by atoms with Crippen LogP contribution in [0.4, 0.5) is 0 Å². The van der Waals surface area contributed by atoms with Gasteiger partial charge in [-0.2, -0.15) is 0 Å². The molecule has 1 aromatic rings. The maximum Gasteiger partial charge on any atom is 0.158 e. The fourth-order valence-electron chi connectivity index (χ4n) is 1.46. The predicted molar refractivity (Wildman–Crippen MR) is 54.1 cm³/mol. The van der Waals surface area contributed by atoms with Gasteiger partial charge in [0.1, 0.15) is 0 Å². The molecule has 0 radical (unpaired) electrons. The van der Waals surface area contributed by atoms with Crippen LogP contribution in [0, 0.1) is 0 Å². The predicted octanol–water partition coefficient (Wildman–Crippen LogP) is 1.56. The Morgan fingerprint density at radius 1 is 1.43 bits per heavy atom. The van der Waals surface area contributed by atoms with E-state index >= 15 is 0 Å².